The molecule has 3 aliphatic rings. The van der Waals surface area contributed by atoms with E-state index in [0.29, 0.717) is 13.0 Å². The highest BCUT2D eigenvalue weighted by molar-refractivity contribution is 5.76. The lowest BCUT2D eigenvalue weighted by Crippen LogP contribution is -2.36. The number of nitrogens with zero attached hydrogens (tertiary/aromatic N) is 4. The standard InChI is InChI=1S/C25H27F2N5O/c26-21-3-1-18(13-22(27)5-4-21)17-32-8-7-28-25-23(32)14-20(16-30-25)19-2-6-24(29-15-19)31-9-11-33-12-10-31/h2,4-6,13-16H,1,3,7-12,17H2,(H,28,30)/b18-13+,21-4+,22-5+. The molecule has 1 fully saturated rings. The van der Waals surface area contributed by atoms with Crippen molar-refractivity contribution < 1.29 is 13.5 Å². The molecule has 0 saturated carbocycles. The number of rotatable bonds is 4. The Kier molecular flexibility index (Phi) is 6.35. The summed E-state index contributed by atoms with van der Waals surface area (Å²) in [7, 11) is 0. The molecule has 33 heavy (non-hydrogen) atoms. The third-order valence-electron chi connectivity index (χ3n) is 6.14. The molecule has 6 nitrogen and oxygen atoms in total. The van der Waals surface area contributed by atoms with Crippen LogP contribution in [0.5, 0.6) is 0 Å². The zero-order valence-corrected chi connectivity index (χ0v) is 18.4. The second-order valence-corrected chi connectivity index (χ2v) is 8.41. The monoisotopic (exact) mass is 451 g/mol. The van der Waals surface area contributed by atoms with E-state index in [4.69, 9.17) is 4.74 Å². The molecular formula is C25H27F2N5O. The van der Waals surface area contributed by atoms with Crippen molar-refractivity contribution in [3.8, 4) is 11.1 Å². The Hall–Kier alpha value is -3.26. The number of anilines is 3. The molecule has 172 valence electrons. The van der Waals surface area contributed by atoms with Gasteiger partial charge in [0.25, 0.3) is 0 Å². The van der Waals surface area contributed by atoms with E-state index in [1.807, 2.05) is 18.5 Å². The van der Waals surface area contributed by atoms with Crippen molar-refractivity contribution in [2.45, 2.75) is 12.8 Å². The molecule has 2 aliphatic heterocycles. The summed E-state index contributed by atoms with van der Waals surface area (Å²) in [6, 6.07) is 6.19. The van der Waals surface area contributed by atoms with Gasteiger partial charge in [0, 0.05) is 62.7 Å². The number of pyridine rings is 2. The van der Waals surface area contributed by atoms with E-state index in [0.717, 1.165) is 73.4 Å². The van der Waals surface area contributed by atoms with E-state index in [-0.39, 0.29) is 12.2 Å². The summed E-state index contributed by atoms with van der Waals surface area (Å²) in [6.45, 7) is 5.17. The van der Waals surface area contributed by atoms with Crippen LogP contribution in [-0.2, 0) is 4.74 Å². The number of fused-ring (bicyclic) bond motifs is 1. The maximum absolute atomic E-state index is 14.1. The van der Waals surface area contributed by atoms with E-state index in [1.165, 1.54) is 18.2 Å². The van der Waals surface area contributed by atoms with Crippen LogP contribution in [-0.4, -0.2) is 55.9 Å². The normalized spacial score (nSPS) is 23.6. The van der Waals surface area contributed by atoms with Gasteiger partial charge in [-0.3, -0.25) is 0 Å². The molecule has 0 radical (unpaired) electrons. The van der Waals surface area contributed by atoms with Gasteiger partial charge in [-0.2, -0.15) is 0 Å². The fourth-order valence-electron chi connectivity index (χ4n) is 4.34. The van der Waals surface area contributed by atoms with Gasteiger partial charge in [0.2, 0.25) is 0 Å². The smallest absolute Gasteiger partial charge is 0.149 e. The lowest BCUT2D eigenvalue weighted by molar-refractivity contribution is 0.122. The Morgan fingerprint density at radius 3 is 2.64 bits per heavy atom. The summed E-state index contributed by atoms with van der Waals surface area (Å²) < 4.78 is 33.2. The van der Waals surface area contributed by atoms with Crippen LogP contribution < -0.4 is 15.1 Å². The minimum absolute atomic E-state index is 0.286. The molecule has 0 bridgehead atoms. The third kappa shape index (κ3) is 5.06. The Morgan fingerprint density at radius 1 is 0.970 bits per heavy atom. The van der Waals surface area contributed by atoms with Gasteiger partial charge in [-0.1, -0.05) is 0 Å². The van der Waals surface area contributed by atoms with E-state index in [2.05, 4.69) is 37.2 Å². The van der Waals surface area contributed by atoms with Crippen LogP contribution in [0, 0.1) is 0 Å². The number of halogens is 2. The van der Waals surface area contributed by atoms with Crippen molar-refractivity contribution in [1.29, 1.82) is 0 Å². The molecule has 1 aliphatic carbocycles. The average Bonchev–Trinajstić information content (AvgIpc) is 2.86. The van der Waals surface area contributed by atoms with Crippen LogP contribution in [0.1, 0.15) is 12.8 Å². The van der Waals surface area contributed by atoms with Gasteiger partial charge in [-0.05, 0) is 48.4 Å². The number of hydrogen-bond acceptors (Lipinski definition) is 6. The highest BCUT2D eigenvalue weighted by Gasteiger charge is 2.21. The molecular weight excluding hydrogens is 424 g/mol. The topological polar surface area (TPSA) is 53.5 Å². The minimum Gasteiger partial charge on any atom is -0.378 e. The molecule has 0 amide bonds. The molecule has 1 N–H and O–H groups in total. The van der Waals surface area contributed by atoms with Crippen LogP contribution in [0.4, 0.5) is 26.1 Å². The van der Waals surface area contributed by atoms with E-state index < -0.39 is 5.83 Å². The Balaban J connectivity index is 1.37. The maximum atomic E-state index is 14.1. The predicted molar refractivity (Wildman–Crippen MR) is 127 cm³/mol. The van der Waals surface area contributed by atoms with Gasteiger partial charge in [0.15, 0.2) is 0 Å². The summed E-state index contributed by atoms with van der Waals surface area (Å²) in [6.07, 6.45) is 8.41. The van der Waals surface area contributed by atoms with Crippen LogP contribution in [0.15, 0.2) is 66.0 Å². The van der Waals surface area contributed by atoms with Crippen LogP contribution in [0.2, 0.25) is 0 Å². The van der Waals surface area contributed by atoms with Gasteiger partial charge in [0.05, 0.1) is 18.9 Å². The zero-order chi connectivity index (χ0) is 22.6. The van der Waals surface area contributed by atoms with Crippen LogP contribution in [0.3, 0.4) is 0 Å². The number of nitrogens with one attached hydrogen (secondary N) is 1. The number of aromatic nitrogens is 2. The lowest BCUT2D eigenvalue weighted by Gasteiger charge is -2.32. The highest BCUT2D eigenvalue weighted by Crippen LogP contribution is 2.33. The SMILES string of the molecule is FC1=C/C=C(/F)CC/C(CN2CCNc3ncc(-c4ccc(N5CCOCC5)nc4)cc32)=C\1. The van der Waals surface area contributed by atoms with Crippen molar-refractivity contribution in [2.24, 2.45) is 0 Å². The summed E-state index contributed by atoms with van der Waals surface area (Å²) in [4.78, 5) is 13.7. The molecule has 2 aromatic rings. The van der Waals surface area contributed by atoms with Crippen LogP contribution >= 0.6 is 0 Å². The quantitative estimate of drug-likeness (QED) is 0.731. The van der Waals surface area contributed by atoms with Gasteiger partial charge >= 0.3 is 0 Å². The number of allylic oxidation sites excluding steroid dienone is 5. The first-order valence-corrected chi connectivity index (χ1v) is 11.3. The number of hydrogen-bond donors (Lipinski definition) is 1. The number of morpholine rings is 1. The van der Waals surface area contributed by atoms with Crippen molar-refractivity contribution in [2.75, 3.05) is 61.1 Å². The molecule has 8 heteroatoms. The Bertz CT molecular complexity index is 1090. The van der Waals surface area contributed by atoms with E-state index in [1.54, 1.807) is 0 Å². The van der Waals surface area contributed by atoms with E-state index in [9.17, 15) is 8.78 Å². The Labute approximate surface area is 192 Å². The first-order valence-electron chi connectivity index (χ1n) is 11.3. The first-order chi connectivity index (χ1) is 16.2. The fourth-order valence-corrected chi connectivity index (χ4v) is 4.34. The third-order valence-corrected chi connectivity index (χ3v) is 6.14. The fraction of sp³-hybridized carbons (Fsp3) is 0.360. The first kappa shape index (κ1) is 21.6. The molecule has 1 saturated heterocycles. The van der Waals surface area contributed by atoms with Crippen molar-refractivity contribution in [1.82, 2.24) is 9.97 Å². The van der Waals surface area contributed by atoms with Gasteiger partial charge in [-0.25, -0.2) is 18.7 Å². The van der Waals surface area contributed by atoms with Gasteiger partial charge in [0.1, 0.15) is 23.3 Å². The zero-order valence-electron chi connectivity index (χ0n) is 18.4. The lowest BCUT2D eigenvalue weighted by atomic mass is 10.0. The van der Waals surface area contributed by atoms with Crippen molar-refractivity contribution in [3.05, 3.63) is 66.0 Å². The summed E-state index contributed by atoms with van der Waals surface area (Å²) in [5.41, 5.74) is 3.77. The summed E-state index contributed by atoms with van der Waals surface area (Å²) in [5, 5.41) is 3.34. The second kappa shape index (κ2) is 9.70. The molecule has 4 heterocycles. The Morgan fingerprint density at radius 2 is 1.82 bits per heavy atom. The molecule has 0 unspecified atom stereocenters. The van der Waals surface area contributed by atoms with E-state index >= 15 is 0 Å². The highest BCUT2D eigenvalue weighted by atomic mass is 19.1. The maximum Gasteiger partial charge on any atom is 0.149 e. The van der Waals surface area contributed by atoms with Gasteiger partial charge < -0.3 is 19.9 Å². The van der Waals surface area contributed by atoms with Crippen molar-refractivity contribution >= 4 is 17.3 Å². The molecule has 0 atom stereocenters. The molecule has 0 aromatic carbocycles. The second-order valence-electron chi connectivity index (χ2n) is 8.41. The minimum atomic E-state index is -0.423. The largest absolute Gasteiger partial charge is 0.378 e. The molecule has 0 spiro atoms. The average molecular weight is 452 g/mol. The predicted octanol–water partition coefficient (Wildman–Crippen LogP) is 4.64. The van der Waals surface area contributed by atoms with Gasteiger partial charge in [-0.15, -0.1) is 0 Å². The molecule has 2 aromatic heterocycles. The molecule has 5 rings (SSSR count). The summed E-state index contributed by atoms with van der Waals surface area (Å²) >= 11 is 0. The van der Waals surface area contributed by atoms with Crippen molar-refractivity contribution in [3.63, 3.8) is 0 Å². The van der Waals surface area contributed by atoms with Crippen LogP contribution in [0.25, 0.3) is 11.1 Å². The summed E-state index contributed by atoms with van der Waals surface area (Å²) in [5.74, 6) is 1.03. The number of ether oxygens (including phenoxy) is 1.